The van der Waals surface area contributed by atoms with E-state index in [0.717, 1.165) is 49.1 Å². The number of hydrogen-bond acceptors (Lipinski definition) is 9. The number of hydrogen-bond donors (Lipinski definition) is 0. The van der Waals surface area contributed by atoms with Crippen molar-refractivity contribution in [2.24, 2.45) is 4.36 Å². The van der Waals surface area contributed by atoms with Crippen LogP contribution in [-0.2, 0) is 27.4 Å². The number of nitrogens with zero attached hydrogens (tertiary/aromatic N) is 9. The molecule has 7 aromatic rings. The van der Waals surface area contributed by atoms with E-state index < -0.39 is 15.8 Å². The molecule has 3 aliphatic rings. The van der Waals surface area contributed by atoms with Crippen molar-refractivity contribution < 1.29 is 22.5 Å². The second kappa shape index (κ2) is 15.1. The highest BCUT2D eigenvalue weighted by atomic mass is 32.2. The van der Waals surface area contributed by atoms with E-state index in [1.807, 2.05) is 22.5 Å². The lowest BCUT2D eigenvalue weighted by molar-refractivity contribution is 0.0666. The molecule has 1 saturated heterocycles. The van der Waals surface area contributed by atoms with Crippen molar-refractivity contribution in [3.8, 4) is 17.2 Å². The second-order valence-electron chi connectivity index (χ2n) is 16.3. The van der Waals surface area contributed by atoms with Crippen molar-refractivity contribution in [2.45, 2.75) is 76.8 Å². The number of benzene rings is 3. The zero-order valence-electron chi connectivity index (χ0n) is 34.5. The predicted octanol–water partition coefficient (Wildman–Crippen LogP) is 7.15. The molecule has 10 rings (SSSR count). The predicted molar refractivity (Wildman–Crippen MR) is 227 cm³/mol. The van der Waals surface area contributed by atoms with Crippen LogP contribution >= 0.6 is 0 Å². The van der Waals surface area contributed by atoms with Gasteiger partial charge in [-0.05, 0) is 117 Å². The molecule has 2 atom stereocenters. The minimum atomic E-state index is -2.45. The lowest BCUT2D eigenvalue weighted by Gasteiger charge is -2.33. The van der Waals surface area contributed by atoms with Gasteiger partial charge in [0.05, 0.1) is 32.8 Å². The molecule has 4 aromatic heterocycles. The third kappa shape index (κ3) is 6.72. The zero-order chi connectivity index (χ0) is 42.2. The number of fused-ring (bicyclic) bond motifs is 2. The molecule has 7 heterocycles. The third-order valence-corrected chi connectivity index (χ3v) is 14.9. The number of halogens is 1. The van der Waals surface area contributed by atoms with Gasteiger partial charge in [0, 0.05) is 79.2 Å². The fourth-order valence-electron chi connectivity index (χ4n) is 9.28. The van der Waals surface area contributed by atoms with Crippen LogP contribution in [0.5, 0.6) is 0 Å². The molecule has 0 saturated carbocycles. The molecular weight excluding hydrogens is 798 g/mol. The molecule has 0 spiro atoms. The molecule has 1 amide bonds. The van der Waals surface area contributed by atoms with Gasteiger partial charge in [0.15, 0.2) is 0 Å². The van der Waals surface area contributed by atoms with Crippen LogP contribution in [0.15, 0.2) is 91.5 Å². The molecule has 0 aliphatic carbocycles. The summed E-state index contributed by atoms with van der Waals surface area (Å²) in [7, 11) is -2.45. The average molecular weight is 844 g/mol. The number of aromatic nitrogens is 7. The molecule has 0 radical (unpaired) electrons. The average Bonchev–Trinajstić information content (AvgIpc) is 4.12. The summed E-state index contributed by atoms with van der Waals surface area (Å²) in [4.78, 5) is 32.2. The first-order valence-electron chi connectivity index (χ1n) is 20.8. The summed E-state index contributed by atoms with van der Waals surface area (Å²) in [5.74, 6) is 1.69. The van der Waals surface area contributed by atoms with Gasteiger partial charge in [0.25, 0.3) is 5.91 Å². The van der Waals surface area contributed by atoms with E-state index in [1.54, 1.807) is 74.2 Å². The molecule has 16 heteroatoms. The Hall–Kier alpha value is -6.13. The minimum absolute atomic E-state index is 0.192. The number of carbonyl (C=O) groups is 1. The lowest BCUT2D eigenvalue weighted by Crippen LogP contribution is -2.40. The first-order chi connectivity index (χ1) is 29.5. The molecule has 0 bridgehead atoms. The largest absolute Gasteiger partial charge is 0.424 e. The minimum Gasteiger partial charge on any atom is -0.424 e. The zero-order valence-corrected chi connectivity index (χ0v) is 35.3. The highest BCUT2D eigenvalue weighted by molar-refractivity contribution is 7.93. The van der Waals surface area contributed by atoms with E-state index in [0.29, 0.717) is 87.4 Å². The normalized spacial score (nSPS) is 19.4. The van der Waals surface area contributed by atoms with Crippen LogP contribution in [0.2, 0.25) is 0 Å². The van der Waals surface area contributed by atoms with Crippen molar-refractivity contribution in [1.29, 1.82) is 0 Å². The summed E-state index contributed by atoms with van der Waals surface area (Å²) in [5, 5.41) is 14.3. The standard InChI is InChI=1S/C45H46FN9O5S/c1-27-22-35(23-28(2)42(27)46)55-43(53-18-17-52(45(53)57)34-7-9-36(10-8-34)61(58)21-5-15-47-61)41-29(3)51(16-12-37(41)50-55)44(56)39-25-33-24-32(31-13-19-59-20-14-31)6-11-38(33)54(39)26-40-49-48-30(4)60-40/h6-11,17-18,22-25,29,31H,5,12-16,19-21,26H2,1-4H3/t29-,61?/m0/s1. The van der Waals surface area contributed by atoms with Crippen molar-refractivity contribution in [3.05, 3.63) is 135 Å². The Bertz CT molecular complexity index is 3030. The van der Waals surface area contributed by atoms with Crippen LogP contribution in [0.25, 0.3) is 28.1 Å². The molecule has 61 heavy (non-hydrogen) atoms. The molecule has 1 fully saturated rings. The van der Waals surface area contributed by atoms with Gasteiger partial charge in [-0.15, -0.1) is 10.2 Å². The second-order valence-corrected chi connectivity index (χ2v) is 18.7. The number of amides is 1. The van der Waals surface area contributed by atoms with Gasteiger partial charge in [0.1, 0.15) is 23.9 Å². The van der Waals surface area contributed by atoms with E-state index in [4.69, 9.17) is 14.3 Å². The molecular formula is C45H46FN9O5S. The Kier molecular flexibility index (Phi) is 9.66. The number of imidazole rings is 1. The summed E-state index contributed by atoms with van der Waals surface area (Å²) in [6, 6.07) is 18.4. The summed E-state index contributed by atoms with van der Waals surface area (Å²) < 4.78 is 50.9. The maximum Gasteiger partial charge on any atom is 0.338 e. The maximum atomic E-state index is 15.1. The van der Waals surface area contributed by atoms with Crippen LogP contribution in [-0.4, -0.2) is 80.8 Å². The van der Waals surface area contributed by atoms with Crippen LogP contribution in [0, 0.1) is 26.6 Å². The van der Waals surface area contributed by atoms with Gasteiger partial charge in [-0.3, -0.25) is 13.9 Å². The molecule has 1 unspecified atom stereocenters. The topological polar surface area (TPSA) is 148 Å². The number of ether oxygens (including phenoxy) is 1. The highest BCUT2D eigenvalue weighted by Gasteiger charge is 2.37. The van der Waals surface area contributed by atoms with Gasteiger partial charge < -0.3 is 18.6 Å². The Morgan fingerprint density at radius 2 is 1.69 bits per heavy atom. The van der Waals surface area contributed by atoms with Crippen molar-refractivity contribution in [2.75, 3.05) is 32.1 Å². The number of rotatable bonds is 8. The fraction of sp³-hybridized carbons (Fsp3) is 0.356. The summed E-state index contributed by atoms with van der Waals surface area (Å²) in [6.45, 7) is 9.72. The highest BCUT2D eigenvalue weighted by Crippen LogP contribution is 2.38. The van der Waals surface area contributed by atoms with Gasteiger partial charge in [-0.1, -0.05) is 6.07 Å². The third-order valence-electron chi connectivity index (χ3n) is 12.4. The van der Waals surface area contributed by atoms with E-state index >= 15 is 9.18 Å². The summed E-state index contributed by atoms with van der Waals surface area (Å²) >= 11 is 0. The van der Waals surface area contributed by atoms with E-state index in [-0.39, 0.29) is 24.0 Å². The molecule has 14 nitrogen and oxygen atoms in total. The Morgan fingerprint density at radius 3 is 2.39 bits per heavy atom. The Morgan fingerprint density at radius 1 is 0.934 bits per heavy atom. The van der Waals surface area contributed by atoms with Crippen LogP contribution < -0.4 is 5.69 Å². The van der Waals surface area contributed by atoms with Gasteiger partial charge in [0.2, 0.25) is 11.8 Å². The van der Waals surface area contributed by atoms with Gasteiger partial charge in [-0.25, -0.2) is 22.4 Å². The molecule has 314 valence electrons. The maximum absolute atomic E-state index is 15.1. The summed E-state index contributed by atoms with van der Waals surface area (Å²) in [5.41, 5.74) is 5.73. The molecule has 3 aromatic carbocycles. The van der Waals surface area contributed by atoms with E-state index in [9.17, 15) is 9.00 Å². The number of carbonyl (C=O) groups excluding carboxylic acids is 1. The van der Waals surface area contributed by atoms with Crippen molar-refractivity contribution in [1.82, 2.24) is 38.6 Å². The first kappa shape index (κ1) is 39.0. The first-order valence-corrected chi connectivity index (χ1v) is 22.5. The van der Waals surface area contributed by atoms with E-state index in [2.05, 4.69) is 32.8 Å². The van der Waals surface area contributed by atoms with Crippen molar-refractivity contribution >= 4 is 26.5 Å². The Labute approximate surface area is 351 Å². The lowest BCUT2D eigenvalue weighted by atomic mass is 9.91. The molecule has 0 N–H and O–H groups in total. The smallest absolute Gasteiger partial charge is 0.338 e. The van der Waals surface area contributed by atoms with Crippen molar-refractivity contribution in [3.63, 3.8) is 0 Å². The van der Waals surface area contributed by atoms with Gasteiger partial charge >= 0.3 is 5.69 Å². The number of aryl methyl sites for hydroxylation is 3. The summed E-state index contributed by atoms with van der Waals surface area (Å²) in [6.07, 6.45) is 6.47. The van der Waals surface area contributed by atoms with E-state index in [1.165, 1.54) is 14.7 Å². The SMILES string of the molecule is Cc1nnc(Cn2c(C(=O)N3CCc4nn(-c5cc(C)c(F)c(C)c5)c(-n5ccn(-c6ccc(S7(=O)=NCCC7)cc6)c5=O)c4[C@@H]3C)cc3cc(C4CCOCC4)ccc32)o1. The Balaban J connectivity index is 1.07. The molecule has 3 aliphatic heterocycles. The monoisotopic (exact) mass is 843 g/mol. The van der Waals surface area contributed by atoms with Crippen LogP contribution in [0.1, 0.15) is 88.4 Å². The fourth-order valence-corrected chi connectivity index (χ4v) is 11.3. The van der Waals surface area contributed by atoms with Gasteiger partial charge in [-0.2, -0.15) is 5.10 Å². The van der Waals surface area contributed by atoms with Crippen LogP contribution in [0.4, 0.5) is 4.39 Å². The quantitative estimate of drug-likeness (QED) is 0.157. The van der Waals surface area contributed by atoms with Crippen LogP contribution in [0.3, 0.4) is 0 Å².